The lowest BCUT2D eigenvalue weighted by molar-refractivity contribution is -0.122. The number of likely N-dealkylation sites (N-methyl/N-ethyl adjacent to an activating group) is 1. The summed E-state index contributed by atoms with van der Waals surface area (Å²) in [6.45, 7) is 5.07. The molecule has 1 atom stereocenters. The lowest BCUT2D eigenvalue weighted by Gasteiger charge is -2.32. The number of hydrogen-bond donors (Lipinski definition) is 1. The zero-order valence-electron chi connectivity index (χ0n) is 10.6. The maximum Gasteiger partial charge on any atom is 0.246 e. The van der Waals surface area contributed by atoms with Gasteiger partial charge in [-0.2, -0.15) is 0 Å². The predicted octanol–water partition coefficient (Wildman–Crippen LogP) is 1.88. The molecule has 1 aliphatic heterocycles. The van der Waals surface area contributed by atoms with Gasteiger partial charge in [0.05, 0.1) is 6.04 Å². The van der Waals surface area contributed by atoms with Crippen molar-refractivity contribution in [3.63, 3.8) is 0 Å². The van der Waals surface area contributed by atoms with Crippen LogP contribution in [0.5, 0.6) is 0 Å². The molecular weight excluding hydrogens is 234 g/mol. The highest BCUT2D eigenvalue weighted by Crippen LogP contribution is 2.33. The summed E-state index contributed by atoms with van der Waals surface area (Å²) in [6, 6.07) is -0.131. The van der Waals surface area contributed by atoms with E-state index in [1.165, 1.54) is 11.3 Å². The molecule has 1 amide bonds. The van der Waals surface area contributed by atoms with Crippen LogP contribution < -0.4 is 10.2 Å². The highest BCUT2D eigenvalue weighted by molar-refractivity contribution is 7.13. The first-order chi connectivity index (χ1) is 8.06. The highest BCUT2D eigenvalue weighted by atomic mass is 32.1. The van der Waals surface area contributed by atoms with Gasteiger partial charge in [-0.15, -0.1) is 11.3 Å². The lowest BCUT2D eigenvalue weighted by Crippen LogP contribution is -2.51. The molecule has 17 heavy (non-hydrogen) atoms. The van der Waals surface area contributed by atoms with Crippen molar-refractivity contribution in [2.75, 3.05) is 18.5 Å². The number of aromatic nitrogens is 1. The number of nitrogens with zero attached hydrogens (tertiary/aromatic N) is 2. The third-order valence-corrected chi connectivity index (χ3v) is 4.23. The van der Waals surface area contributed by atoms with E-state index < -0.39 is 0 Å². The van der Waals surface area contributed by atoms with Crippen LogP contribution in [0.15, 0.2) is 11.6 Å². The molecule has 0 saturated carbocycles. The van der Waals surface area contributed by atoms with E-state index in [0.29, 0.717) is 0 Å². The summed E-state index contributed by atoms with van der Waals surface area (Å²) in [5, 5.41) is 5.88. The summed E-state index contributed by atoms with van der Waals surface area (Å²) >= 11 is 1.52. The molecule has 5 heteroatoms. The first-order valence-electron chi connectivity index (χ1n) is 5.94. The van der Waals surface area contributed by atoms with Crippen LogP contribution in [0.25, 0.3) is 0 Å². The molecule has 94 valence electrons. The molecule has 0 bridgehead atoms. The average molecular weight is 253 g/mol. The molecule has 1 N–H and O–H groups in total. The molecule has 0 spiro atoms. The van der Waals surface area contributed by atoms with E-state index in [9.17, 15) is 4.79 Å². The molecule has 2 heterocycles. The van der Waals surface area contributed by atoms with E-state index in [4.69, 9.17) is 0 Å². The van der Waals surface area contributed by atoms with Gasteiger partial charge < -0.3 is 5.32 Å². The standard InChI is InChI=1S/C12H19N3OS/c1-12(2)5-4-7-15(10(16)9(12)13-3)11-14-6-8-17-11/h6,8-9,13H,4-5,7H2,1-3H3. The summed E-state index contributed by atoms with van der Waals surface area (Å²) in [4.78, 5) is 18.6. The van der Waals surface area contributed by atoms with Crippen LogP contribution >= 0.6 is 11.3 Å². The Kier molecular flexibility index (Phi) is 3.49. The molecule has 1 aliphatic rings. The van der Waals surface area contributed by atoms with Gasteiger partial charge in [0, 0.05) is 18.1 Å². The van der Waals surface area contributed by atoms with Gasteiger partial charge in [0.15, 0.2) is 5.13 Å². The fourth-order valence-corrected chi connectivity index (χ4v) is 3.16. The van der Waals surface area contributed by atoms with Crippen molar-refractivity contribution in [2.45, 2.75) is 32.7 Å². The van der Waals surface area contributed by atoms with Gasteiger partial charge in [-0.1, -0.05) is 13.8 Å². The van der Waals surface area contributed by atoms with E-state index in [0.717, 1.165) is 24.5 Å². The Balaban J connectivity index is 2.29. The number of anilines is 1. The monoisotopic (exact) mass is 253 g/mol. The van der Waals surface area contributed by atoms with Crippen molar-refractivity contribution < 1.29 is 4.79 Å². The minimum absolute atomic E-state index is 0.00214. The third-order valence-electron chi connectivity index (χ3n) is 3.44. The normalized spacial score (nSPS) is 24.8. The zero-order chi connectivity index (χ0) is 12.5. The van der Waals surface area contributed by atoms with E-state index in [-0.39, 0.29) is 17.4 Å². The minimum Gasteiger partial charge on any atom is -0.308 e. The van der Waals surface area contributed by atoms with Crippen LogP contribution in [0.3, 0.4) is 0 Å². The van der Waals surface area contributed by atoms with Gasteiger partial charge in [0.25, 0.3) is 0 Å². The van der Waals surface area contributed by atoms with Crippen molar-refractivity contribution >= 4 is 22.4 Å². The minimum atomic E-state index is -0.131. The number of carbonyl (C=O) groups excluding carboxylic acids is 1. The molecule has 2 rings (SSSR count). The topological polar surface area (TPSA) is 45.2 Å². The molecule has 4 nitrogen and oxygen atoms in total. The van der Waals surface area contributed by atoms with Gasteiger partial charge in [0.1, 0.15) is 0 Å². The number of carbonyl (C=O) groups is 1. The number of amides is 1. The van der Waals surface area contributed by atoms with Crippen LogP contribution in [-0.2, 0) is 4.79 Å². The summed E-state index contributed by atoms with van der Waals surface area (Å²) in [7, 11) is 1.86. The molecular formula is C12H19N3OS. The average Bonchev–Trinajstić information content (AvgIpc) is 2.74. The number of rotatable bonds is 2. The fourth-order valence-electron chi connectivity index (χ4n) is 2.49. The number of thiazole rings is 1. The van der Waals surface area contributed by atoms with Crippen molar-refractivity contribution in [3.05, 3.63) is 11.6 Å². The molecule has 0 aliphatic carbocycles. The fraction of sp³-hybridized carbons (Fsp3) is 0.667. The lowest BCUT2D eigenvalue weighted by atomic mass is 9.80. The Hall–Kier alpha value is -0.940. The van der Waals surface area contributed by atoms with Crippen molar-refractivity contribution in [1.82, 2.24) is 10.3 Å². The van der Waals surface area contributed by atoms with Gasteiger partial charge in [-0.05, 0) is 25.3 Å². The summed E-state index contributed by atoms with van der Waals surface area (Å²) in [5.41, 5.74) is -0.00214. The Morgan fingerprint density at radius 2 is 2.35 bits per heavy atom. The smallest absolute Gasteiger partial charge is 0.246 e. The maximum atomic E-state index is 12.5. The summed E-state index contributed by atoms with van der Waals surface area (Å²) in [6.07, 6.45) is 3.82. The van der Waals surface area contributed by atoms with Crippen LogP contribution in [0, 0.1) is 5.41 Å². The second kappa shape index (κ2) is 4.74. The molecule has 1 aromatic heterocycles. The van der Waals surface area contributed by atoms with Crippen molar-refractivity contribution in [2.24, 2.45) is 5.41 Å². The van der Waals surface area contributed by atoms with Crippen LogP contribution in [0.4, 0.5) is 5.13 Å². The summed E-state index contributed by atoms with van der Waals surface area (Å²) in [5.74, 6) is 0.143. The van der Waals surface area contributed by atoms with E-state index >= 15 is 0 Å². The quantitative estimate of drug-likeness (QED) is 0.875. The van der Waals surface area contributed by atoms with Crippen LogP contribution in [0.1, 0.15) is 26.7 Å². The van der Waals surface area contributed by atoms with E-state index in [1.807, 2.05) is 17.3 Å². The zero-order valence-corrected chi connectivity index (χ0v) is 11.4. The number of hydrogen-bond acceptors (Lipinski definition) is 4. The summed E-state index contributed by atoms with van der Waals surface area (Å²) < 4.78 is 0. The first-order valence-corrected chi connectivity index (χ1v) is 6.82. The molecule has 1 saturated heterocycles. The van der Waals surface area contributed by atoms with Gasteiger partial charge in [-0.25, -0.2) is 4.98 Å². The van der Waals surface area contributed by atoms with Gasteiger partial charge in [0.2, 0.25) is 5.91 Å². The SMILES string of the molecule is CNC1C(=O)N(c2nccs2)CCCC1(C)C. The highest BCUT2D eigenvalue weighted by Gasteiger charge is 2.39. The van der Waals surface area contributed by atoms with Crippen LogP contribution in [-0.4, -0.2) is 30.5 Å². The second-order valence-corrected chi connectivity index (χ2v) is 5.99. The first kappa shape index (κ1) is 12.5. The molecule has 1 aromatic rings. The molecule has 0 aromatic carbocycles. The van der Waals surface area contributed by atoms with Gasteiger partial charge >= 0.3 is 0 Å². The van der Waals surface area contributed by atoms with Crippen molar-refractivity contribution in [3.8, 4) is 0 Å². The molecule has 1 unspecified atom stereocenters. The Morgan fingerprint density at radius 1 is 1.59 bits per heavy atom. The Labute approximate surface area is 106 Å². The van der Waals surface area contributed by atoms with Crippen molar-refractivity contribution in [1.29, 1.82) is 0 Å². The predicted molar refractivity (Wildman–Crippen MR) is 70.3 cm³/mol. The maximum absolute atomic E-state index is 12.5. The van der Waals surface area contributed by atoms with Crippen LogP contribution in [0.2, 0.25) is 0 Å². The Morgan fingerprint density at radius 3 is 2.94 bits per heavy atom. The Bertz CT molecular complexity index is 388. The molecule has 0 radical (unpaired) electrons. The third kappa shape index (κ3) is 2.35. The van der Waals surface area contributed by atoms with Gasteiger partial charge in [-0.3, -0.25) is 9.69 Å². The largest absolute Gasteiger partial charge is 0.308 e. The van der Waals surface area contributed by atoms with E-state index in [2.05, 4.69) is 24.1 Å². The van der Waals surface area contributed by atoms with E-state index in [1.54, 1.807) is 6.20 Å². The second-order valence-electron chi connectivity index (χ2n) is 5.12. The number of nitrogens with one attached hydrogen (secondary N) is 1. The molecule has 1 fully saturated rings.